The summed E-state index contributed by atoms with van der Waals surface area (Å²) >= 11 is 0. The molecule has 2 aliphatic rings. The van der Waals surface area contributed by atoms with Gasteiger partial charge in [0.15, 0.2) is 0 Å². The molecule has 2 aromatic rings. The highest BCUT2D eigenvalue weighted by Gasteiger charge is 2.17. The minimum atomic E-state index is -0.311. The molecule has 8 heteroatoms. The zero-order valence-corrected chi connectivity index (χ0v) is 17.5. The van der Waals surface area contributed by atoms with Crippen molar-refractivity contribution in [2.75, 3.05) is 57.4 Å². The van der Waals surface area contributed by atoms with Gasteiger partial charge >= 0.3 is 11.8 Å². The SMILES string of the molecule is O=C(NCCCN1CCCCCC1)c1nc(-c2ccc(N3CCOCC3)cc2)no1. The van der Waals surface area contributed by atoms with Gasteiger partial charge in [-0.25, -0.2) is 0 Å². The van der Waals surface area contributed by atoms with E-state index >= 15 is 0 Å². The summed E-state index contributed by atoms with van der Waals surface area (Å²) in [4.78, 5) is 21.4. The minimum Gasteiger partial charge on any atom is -0.378 e. The first-order chi connectivity index (χ1) is 14.8. The van der Waals surface area contributed by atoms with E-state index < -0.39 is 0 Å². The van der Waals surface area contributed by atoms with Crippen molar-refractivity contribution in [1.29, 1.82) is 0 Å². The minimum absolute atomic E-state index is 0.0111. The van der Waals surface area contributed by atoms with Crippen molar-refractivity contribution >= 4 is 11.6 Å². The highest BCUT2D eigenvalue weighted by atomic mass is 16.5. The largest absolute Gasteiger partial charge is 0.378 e. The number of aromatic nitrogens is 2. The monoisotopic (exact) mass is 413 g/mol. The first kappa shape index (κ1) is 20.8. The molecule has 0 radical (unpaired) electrons. The molecule has 1 amide bonds. The Morgan fingerprint density at radius 1 is 1.00 bits per heavy atom. The molecule has 2 fully saturated rings. The van der Waals surface area contributed by atoms with Crippen molar-refractivity contribution in [1.82, 2.24) is 20.4 Å². The van der Waals surface area contributed by atoms with Crippen LogP contribution in [0.25, 0.3) is 11.4 Å². The Kier molecular flexibility index (Phi) is 7.31. The summed E-state index contributed by atoms with van der Waals surface area (Å²) in [6, 6.07) is 8.00. The molecule has 2 aliphatic heterocycles. The highest BCUT2D eigenvalue weighted by Crippen LogP contribution is 2.22. The van der Waals surface area contributed by atoms with E-state index in [0.29, 0.717) is 12.4 Å². The van der Waals surface area contributed by atoms with E-state index in [-0.39, 0.29) is 11.8 Å². The number of hydrogen-bond acceptors (Lipinski definition) is 7. The molecule has 0 unspecified atom stereocenters. The van der Waals surface area contributed by atoms with Gasteiger partial charge in [0.05, 0.1) is 13.2 Å². The standard InChI is InChI=1S/C22H31N5O3/c28-21(23-10-5-13-26-11-3-1-2-4-12-26)22-24-20(25-30-22)18-6-8-19(9-7-18)27-14-16-29-17-15-27/h6-9H,1-5,10-17H2,(H,23,28). The van der Waals surface area contributed by atoms with E-state index in [1.807, 2.05) is 24.3 Å². The van der Waals surface area contributed by atoms with Crippen LogP contribution in [0.3, 0.4) is 0 Å². The molecule has 1 aromatic heterocycles. The van der Waals surface area contributed by atoms with Crippen molar-refractivity contribution in [3.05, 3.63) is 30.2 Å². The number of likely N-dealkylation sites (tertiary alicyclic amines) is 1. The van der Waals surface area contributed by atoms with E-state index in [1.165, 1.54) is 38.8 Å². The van der Waals surface area contributed by atoms with Crippen LogP contribution in [0.15, 0.2) is 28.8 Å². The number of anilines is 1. The Morgan fingerprint density at radius 2 is 1.73 bits per heavy atom. The van der Waals surface area contributed by atoms with Gasteiger partial charge < -0.3 is 24.4 Å². The Balaban J connectivity index is 1.25. The Labute approximate surface area is 177 Å². The van der Waals surface area contributed by atoms with Gasteiger partial charge in [0, 0.05) is 30.9 Å². The van der Waals surface area contributed by atoms with Crippen LogP contribution in [0, 0.1) is 0 Å². The van der Waals surface area contributed by atoms with Crippen LogP contribution in [0.2, 0.25) is 0 Å². The fourth-order valence-corrected chi connectivity index (χ4v) is 4.02. The summed E-state index contributed by atoms with van der Waals surface area (Å²) < 4.78 is 10.6. The number of carbonyl (C=O) groups is 1. The van der Waals surface area contributed by atoms with Crippen LogP contribution in [-0.4, -0.2) is 73.4 Å². The summed E-state index contributed by atoms with van der Waals surface area (Å²) in [5.41, 5.74) is 1.98. The van der Waals surface area contributed by atoms with Gasteiger partial charge in [-0.05, 0) is 63.2 Å². The van der Waals surface area contributed by atoms with Crippen LogP contribution in [0.5, 0.6) is 0 Å². The summed E-state index contributed by atoms with van der Waals surface area (Å²) in [5.74, 6) is 0.129. The van der Waals surface area contributed by atoms with Gasteiger partial charge in [-0.2, -0.15) is 4.98 Å². The number of carbonyl (C=O) groups excluding carboxylic acids is 1. The average Bonchev–Trinajstić information content (AvgIpc) is 3.15. The van der Waals surface area contributed by atoms with E-state index in [0.717, 1.165) is 50.5 Å². The van der Waals surface area contributed by atoms with Gasteiger partial charge in [0.1, 0.15) is 0 Å². The van der Waals surface area contributed by atoms with Crippen LogP contribution in [0.4, 0.5) is 5.69 Å². The fourth-order valence-electron chi connectivity index (χ4n) is 4.02. The van der Waals surface area contributed by atoms with Crippen molar-refractivity contribution in [2.24, 2.45) is 0 Å². The predicted molar refractivity (Wildman–Crippen MR) is 115 cm³/mol. The molecule has 3 heterocycles. The molecule has 30 heavy (non-hydrogen) atoms. The van der Waals surface area contributed by atoms with Gasteiger partial charge in [-0.3, -0.25) is 4.79 Å². The van der Waals surface area contributed by atoms with Crippen LogP contribution in [-0.2, 0) is 4.74 Å². The molecule has 0 saturated carbocycles. The van der Waals surface area contributed by atoms with Crippen LogP contribution < -0.4 is 10.2 Å². The molecule has 162 valence electrons. The number of morpholine rings is 1. The first-order valence-electron chi connectivity index (χ1n) is 11.1. The van der Waals surface area contributed by atoms with E-state index in [9.17, 15) is 4.79 Å². The van der Waals surface area contributed by atoms with Crippen LogP contribution in [0.1, 0.15) is 42.8 Å². The normalized spacial score (nSPS) is 18.2. The van der Waals surface area contributed by atoms with Gasteiger partial charge in [0.2, 0.25) is 5.82 Å². The lowest BCUT2D eigenvalue weighted by Crippen LogP contribution is -2.36. The van der Waals surface area contributed by atoms with Gasteiger partial charge in [-0.1, -0.05) is 18.0 Å². The van der Waals surface area contributed by atoms with Crippen molar-refractivity contribution in [2.45, 2.75) is 32.1 Å². The third kappa shape index (κ3) is 5.58. The molecular weight excluding hydrogens is 382 g/mol. The molecule has 0 spiro atoms. The van der Waals surface area contributed by atoms with Crippen molar-refractivity contribution < 1.29 is 14.1 Å². The average molecular weight is 414 g/mol. The second-order valence-corrected chi connectivity index (χ2v) is 7.93. The predicted octanol–water partition coefficient (Wildman–Crippen LogP) is 2.57. The van der Waals surface area contributed by atoms with E-state index in [2.05, 4.69) is 25.3 Å². The summed E-state index contributed by atoms with van der Waals surface area (Å²) in [6.45, 7) is 7.27. The third-order valence-electron chi connectivity index (χ3n) is 5.76. The Hall–Kier alpha value is -2.45. The molecule has 0 aliphatic carbocycles. The molecule has 8 nitrogen and oxygen atoms in total. The zero-order valence-electron chi connectivity index (χ0n) is 17.5. The molecule has 2 saturated heterocycles. The topological polar surface area (TPSA) is 83.7 Å². The first-order valence-corrected chi connectivity index (χ1v) is 11.1. The van der Waals surface area contributed by atoms with Gasteiger partial charge in [-0.15, -0.1) is 0 Å². The van der Waals surface area contributed by atoms with E-state index in [1.54, 1.807) is 0 Å². The second-order valence-electron chi connectivity index (χ2n) is 7.93. The Bertz CT molecular complexity index is 793. The smallest absolute Gasteiger partial charge is 0.316 e. The maximum atomic E-state index is 12.3. The number of nitrogens with one attached hydrogen (secondary N) is 1. The summed E-state index contributed by atoms with van der Waals surface area (Å²) in [5, 5.41) is 6.86. The zero-order chi connectivity index (χ0) is 20.6. The van der Waals surface area contributed by atoms with E-state index in [4.69, 9.17) is 9.26 Å². The number of ether oxygens (including phenoxy) is 1. The number of hydrogen-bond donors (Lipinski definition) is 1. The molecule has 0 bridgehead atoms. The molecular formula is C22H31N5O3. The highest BCUT2D eigenvalue weighted by molar-refractivity contribution is 5.89. The maximum absolute atomic E-state index is 12.3. The molecule has 1 aromatic carbocycles. The second kappa shape index (κ2) is 10.5. The van der Waals surface area contributed by atoms with Gasteiger partial charge in [0.25, 0.3) is 0 Å². The molecule has 1 N–H and O–H groups in total. The third-order valence-corrected chi connectivity index (χ3v) is 5.76. The lowest BCUT2D eigenvalue weighted by molar-refractivity contribution is 0.0908. The summed E-state index contributed by atoms with van der Waals surface area (Å²) in [7, 11) is 0. The number of benzene rings is 1. The summed E-state index contributed by atoms with van der Waals surface area (Å²) in [6.07, 6.45) is 6.16. The lowest BCUT2D eigenvalue weighted by Gasteiger charge is -2.28. The van der Waals surface area contributed by atoms with Crippen molar-refractivity contribution in [3.63, 3.8) is 0 Å². The Morgan fingerprint density at radius 3 is 2.47 bits per heavy atom. The molecule has 4 rings (SSSR count). The lowest BCUT2D eigenvalue weighted by atomic mass is 10.2. The quantitative estimate of drug-likeness (QED) is 0.699. The van der Waals surface area contributed by atoms with Crippen LogP contribution >= 0.6 is 0 Å². The fraction of sp³-hybridized carbons (Fsp3) is 0.591. The maximum Gasteiger partial charge on any atom is 0.316 e. The number of rotatable bonds is 7. The molecule has 0 atom stereocenters. The number of amides is 1. The van der Waals surface area contributed by atoms with Crippen molar-refractivity contribution in [3.8, 4) is 11.4 Å². The number of nitrogens with zero attached hydrogens (tertiary/aromatic N) is 4.